The summed E-state index contributed by atoms with van der Waals surface area (Å²) < 4.78 is 0. The quantitative estimate of drug-likeness (QED) is 0.702. The Bertz CT molecular complexity index is 1170. The first-order valence-electron chi connectivity index (χ1n) is 8.83. The number of nitrogens with two attached hydrogens (primary N) is 1. The van der Waals surface area contributed by atoms with E-state index in [2.05, 4.69) is 50.0 Å². The molecule has 0 radical (unpaired) electrons. The van der Waals surface area contributed by atoms with Crippen LogP contribution in [0.5, 0.6) is 0 Å². The molecule has 0 saturated carbocycles. The van der Waals surface area contributed by atoms with Crippen molar-refractivity contribution in [3.05, 3.63) is 75.6 Å². The van der Waals surface area contributed by atoms with Crippen LogP contribution in [0, 0.1) is 22.7 Å². The number of hydrogen-bond acceptors (Lipinski definition) is 4. The van der Waals surface area contributed by atoms with Gasteiger partial charge in [-0.3, -0.25) is 4.79 Å². The third kappa shape index (κ3) is 3.39. The molecule has 0 unspecified atom stereocenters. The zero-order valence-electron chi connectivity index (χ0n) is 16.0. The molecular weight excluding hydrogens is 348 g/mol. The maximum absolute atomic E-state index is 12.1. The first-order chi connectivity index (χ1) is 13.3. The third-order valence-electron chi connectivity index (χ3n) is 4.73. The molecule has 0 aliphatic carbocycles. The number of benzene rings is 2. The molecule has 3 rings (SSSR count). The molecule has 0 fully saturated rings. The number of pyridine rings is 1. The van der Waals surface area contributed by atoms with E-state index < -0.39 is 5.56 Å². The molecule has 0 spiro atoms. The molecule has 2 aromatic carbocycles. The van der Waals surface area contributed by atoms with Crippen molar-refractivity contribution in [2.45, 2.75) is 26.2 Å². The van der Waals surface area contributed by atoms with Gasteiger partial charge in [0.05, 0.1) is 0 Å². The predicted molar refractivity (Wildman–Crippen MR) is 110 cm³/mol. The Kier molecular flexibility index (Phi) is 4.78. The van der Waals surface area contributed by atoms with Crippen molar-refractivity contribution >= 4 is 5.82 Å². The average molecular weight is 368 g/mol. The van der Waals surface area contributed by atoms with Gasteiger partial charge in [-0.15, -0.1) is 0 Å². The van der Waals surface area contributed by atoms with E-state index in [4.69, 9.17) is 5.73 Å². The minimum absolute atomic E-state index is 0.0386. The largest absolute Gasteiger partial charge is 0.384 e. The van der Waals surface area contributed by atoms with Crippen LogP contribution >= 0.6 is 0 Å². The molecule has 1 heterocycles. The lowest BCUT2D eigenvalue weighted by atomic mass is 9.86. The summed E-state index contributed by atoms with van der Waals surface area (Å²) in [4.78, 5) is 14.4. The van der Waals surface area contributed by atoms with Crippen molar-refractivity contribution in [1.82, 2.24) is 4.98 Å². The summed E-state index contributed by atoms with van der Waals surface area (Å²) in [7, 11) is 0. The van der Waals surface area contributed by atoms with Gasteiger partial charge in [0.15, 0.2) is 0 Å². The Morgan fingerprint density at radius 2 is 1.29 bits per heavy atom. The lowest BCUT2D eigenvalue weighted by Crippen LogP contribution is -2.16. The third-order valence-corrected chi connectivity index (χ3v) is 4.73. The van der Waals surface area contributed by atoms with E-state index >= 15 is 0 Å². The summed E-state index contributed by atoms with van der Waals surface area (Å²) in [5, 5.41) is 18.8. The van der Waals surface area contributed by atoms with Crippen LogP contribution in [-0.2, 0) is 5.41 Å². The second kappa shape index (κ2) is 7.06. The first-order valence-corrected chi connectivity index (χ1v) is 8.83. The molecule has 0 aliphatic heterocycles. The molecule has 0 saturated heterocycles. The van der Waals surface area contributed by atoms with Gasteiger partial charge in [0, 0.05) is 5.56 Å². The van der Waals surface area contributed by atoms with E-state index in [1.165, 1.54) is 5.56 Å². The van der Waals surface area contributed by atoms with Gasteiger partial charge in [0.25, 0.3) is 5.56 Å². The summed E-state index contributed by atoms with van der Waals surface area (Å²) >= 11 is 0. The number of anilines is 1. The van der Waals surface area contributed by atoms with Crippen LogP contribution in [-0.4, -0.2) is 4.98 Å². The SMILES string of the molecule is CC(C)(C)c1ccc(-c2ccc(-c3c(C#N)c(N)[nH]c(=O)c3C#N)cc2)cc1. The van der Waals surface area contributed by atoms with Crippen LogP contribution in [0.3, 0.4) is 0 Å². The smallest absolute Gasteiger partial charge is 0.268 e. The standard InChI is InChI=1S/C23H20N4O/c1-23(2,3)17-10-8-15(9-11-17)14-4-6-16(7-5-14)20-18(12-24)21(26)27-22(28)19(20)13-25/h4-11H,1-3H3,(H3,26,27,28). The number of nitrogens with one attached hydrogen (secondary N) is 1. The summed E-state index contributed by atoms with van der Waals surface area (Å²) in [6.45, 7) is 6.51. The zero-order chi connectivity index (χ0) is 20.5. The number of nitriles is 2. The topological polar surface area (TPSA) is 106 Å². The normalized spacial score (nSPS) is 10.9. The molecule has 3 aromatic rings. The number of H-pyrrole nitrogens is 1. The van der Waals surface area contributed by atoms with Crippen LogP contribution in [0.15, 0.2) is 53.3 Å². The summed E-state index contributed by atoms with van der Waals surface area (Å²) in [5.74, 6) is -0.0386. The van der Waals surface area contributed by atoms with E-state index in [1.807, 2.05) is 24.3 Å². The van der Waals surface area contributed by atoms with Crippen LogP contribution in [0.1, 0.15) is 37.5 Å². The summed E-state index contributed by atoms with van der Waals surface area (Å²) in [6, 6.07) is 19.6. The van der Waals surface area contributed by atoms with Crippen molar-refractivity contribution in [3.63, 3.8) is 0 Å². The molecule has 5 nitrogen and oxygen atoms in total. The Hall–Kier alpha value is -3.83. The van der Waals surface area contributed by atoms with Crippen molar-refractivity contribution in [3.8, 4) is 34.4 Å². The molecule has 0 aliphatic rings. The maximum atomic E-state index is 12.1. The highest BCUT2D eigenvalue weighted by molar-refractivity contribution is 5.81. The molecule has 138 valence electrons. The molecule has 0 amide bonds. The van der Waals surface area contributed by atoms with Gasteiger partial charge in [-0.25, -0.2) is 0 Å². The van der Waals surface area contributed by atoms with Crippen LogP contribution in [0.4, 0.5) is 5.82 Å². The predicted octanol–water partition coefficient (Wildman–Crippen LogP) is 4.33. The zero-order valence-corrected chi connectivity index (χ0v) is 16.0. The molecule has 0 bridgehead atoms. The number of hydrogen-bond donors (Lipinski definition) is 2. The van der Waals surface area contributed by atoms with Crippen LogP contribution in [0.25, 0.3) is 22.3 Å². The van der Waals surface area contributed by atoms with E-state index in [1.54, 1.807) is 12.1 Å². The van der Waals surface area contributed by atoms with E-state index in [0.29, 0.717) is 5.56 Å². The van der Waals surface area contributed by atoms with E-state index in [9.17, 15) is 15.3 Å². The van der Waals surface area contributed by atoms with E-state index in [0.717, 1.165) is 11.1 Å². The average Bonchev–Trinajstić information content (AvgIpc) is 2.67. The Morgan fingerprint density at radius 1 is 0.821 bits per heavy atom. The number of aromatic nitrogens is 1. The van der Waals surface area contributed by atoms with Crippen molar-refractivity contribution in [2.75, 3.05) is 5.73 Å². The summed E-state index contributed by atoms with van der Waals surface area (Å²) in [6.07, 6.45) is 0. The lowest BCUT2D eigenvalue weighted by molar-refractivity contribution is 0.590. The van der Waals surface area contributed by atoms with Crippen LogP contribution < -0.4 is 11.3 Å². The highest BCUT2D eigenvalue weighted by Crippen LogP contribution is 2.31. The molecule has 5 heteroatoms. The molecule has 3 N–H and O–H groups in total. The fourth-order valence-corrected chi connectivity index (χ4v) is 3.12. The van der Waals surface area contributed by atoms with Crippen molar-refractivity contribution in [1.29, 1.82) is 10.5 Å². The Morgan fingerprint density at radius 3 is 1.75 bits per heavy atom. The molecule has 28 heavy (non-hydrogen) atoms. The highest BCUT2D eigenvalue weighted by atomic mass is 16.1. The molecular formula is C23H20N4O. The van der Waals surface area contributed by atoms with Gasteiger partial charge >= 0.3 is 0 Å². The van der Waals surface area contributed by atoms with Gasteiger partial charge in [-0.05, 0) is 27.7 Å². The van der Waals surface area contributed by atoms with Gasteiger partial charge in [0.2, 0.25) is 0 Å². The Labute approximate surface area is 163 Å². The Balaban J connectivity index is 2.07. The summed E-state index contributed by atoms with van der Waals surface area (Å²) in [5.41, 5.74) is 9.42. The molecule has 1 aromatic heterocycles. The maximum Gasteiger partial charge on any atom is 0.268 e. The number of aromatic amines is 1. The first kappa shape index (κ1) is 18.9. The fourth-order valence-electron chi connectivity index (χ4n) is 3.12. The number of nitrogen functional groups attached to an aromatic ring is 1. The molecule has 0 atom stereocenters. The van der Waals surface area contributed by atoms with Gasteiger partial charge < -0.3 is 10.7 Å². The number of rotatable bonds is 2. The highest BCUT2D eigenvalue weighted by Gasteiger charge is 2.18. The lowest BCUT2D eigenvalue weighted by Gasteiger charge is -2.19. The van der Waals surface area contributed by atoms with Gasteiger partial charge in [0.1, 0.15) is 29.1 Å². The minimum Gasteiger partial charge on any atom is -0.384 e. The monoisotopic (exact) mass is 368 g/mol. The number of nitrogens with zero attached hydrogens (tertiary/aromatic N) is 2. The second-order valence-corrected chi connectivity index (χ2v) is 7.62. The van der Waals surface area contributed by atoms with Crippen molar-refractivity contribution in [2.24, 2.45) is 0 Å². The fraction of sp³-hybridized carbons (Fsp3) is 0.174. The van der Waals surface area contributed by atoms with E-state index in [-0.39, 0.29) is 27.9 Å². The minimum atomic E-state index is -0.601. The second-order valence-electron chi connectivity index (χ2n) is 7.62. The van der Waals surface area contributed by atoms with Crippen molar-refractivity contribution < 1.29 is 0 Å². The van der Waals surface area contributed by atoms with Gasteiger partial charge in [-0.2, -0.15) is 10.5 Å². The van der Waals surface area contributed by atoms with Crippen LogP contribution in [0.2, 0.25) is 0 Å². The van der Waals surface area contributed by atoms with Gasteiger partial charge in [-0.1, -0.05) is 69.3 Å².